The second kappa shape index (κ2) is 32.7. The molecule has 2 rings (SSSR count). The van der Waals surface area contributed by atoms with E-state index >= 15 is 0 Å². The van der Waals surface area contributed by atoms with Crippen LogP contribution in [0.3, 0.4) is 0 Å². The molecule has 0 aliphatic heterocycles. The Morgan fingerprint density at radius 1 is 0.882 bits per heavy atom. The highest BCUT2D eigenvalue weighted by atomic mass is 16.2. The second-order valence-corrected chi connectivity index (χ2v) is 7.69. The van der Waals surface area contributed by atoms with Gasteiger partial charge in [0.25, 0.3) is 0 Å². The summed E-state index contributed by atoms with van der Waals surface area (Å²) in [6.45, 7) is 19.7. The standard InChI is InChI=1S/C12H16O.C9H12.C4H6O.C3H8.C2H6.CH4O/c1-10(2)8-12(9-13)11-6-4-3-5-7-11;1-2-6-9-7-4-3-5-8-9;1-4(2)3-5;1-3-2;2*1-2/h3-7,9-10,12H,8H2,1-2H3;3-5,7-8H,2,6H2,1H3;3H,1H2,2H3;3H2,1-2H3;1-2H3;2H,1H3. The number of hydrogen-bond donors (Lipinski definition) is 1. The zero-order valence-corrected chi connectivity index (χ0v) is 23.4. The fourth-order valence-corrected chi connectivity index (χ4v) is 2.41. The second-order valence-electron chi connectivity index (χ2n) is 7.69. The predicted octanol–water partition coefficient (Wildman–Crippen LogP) is 8.47. The molecule has 1 unspecified atom stereocenters. The number of aliphatic hydroxyl groups is 1. The molecule has 0 spiro atoms. The third kappa shape index (κ3) is 29.5. The van der Waals surface area contributed by atoms with Gasteiger partial charge in [0.15, 0.2) is 0 Å². The summed E-state index contributed by atoms with van der Waals surface area (Å²) < 4.78 is 0. The Kier molecular flexibility index (Phi) is 37.2. The molecule has 3 heteroatoms. The van der Waals surface area contributed by atoms with Crippen molar-refractivity contribution in [3.63, 3.8) is 0 Å². The van der Waals surface area contributed by atoms with Gasteiger partial charge in [-0.05, 0) is 42.4 Å². The molecule has 3 nitrogen and oxygen atoms in total. The summed E-state index contributed by atoms with van der Waals surface area (Å²) in [4.78, 5) is 20.2. The number of rotatable bonds is 7. The van der Waals surface area contributed by atoms with Crippen molar-refractivity contribution in [3.8, 4) is 0 Å². The van der Waals surface area contributed by atoms with Gasteiger partial charge >= 0.3 is 0 Å². The first-order chi connectivity index (χ1) is 16.4. The normalized spacial score (nSPS) is 9.26. The summed E-state index contributed by atoms with van der Waals surface area (Å²) in [5, 5.41) is 7.00. The fourth-order valence-electron chi connectivity index (χ4n) is 2.41. The minimum Gasteiger partial charge on any atom is -0.400 e. The van der Waals surface area contributed by atoms with E-state index in [9.17, 15) is 9.59 Å². The van der Waals surface area contributed by atoms with Gasteiger partial charge in [-0.15, -0.1) is 0 Å². The van der Waals surface area contributed by atoms with Gasteiger partial charge < -0.3 is 9.90 Å². The monoisotopic (exact) mass is 472 g/mol. The third-order valence-electron chi connectivity index (χ3n) is 3.70. The SMILES string of the molecule is C=C(C)C=O.CC.CC(C)CC(C=O)c1ccccc1.CCC.CCCc1ccccc1.CO. The van der Waals surface area contributed by atoms with Crippen molar-refractivity contribution >= 4 is 12.6 Å². The van der Waals surface area contributed by atoms with Crippen LogP contribution in [-0.2, 0) is 16.0 Å². The first-order valence-corrected chi connectivity index (χ1v) is 12.5. The molecule has 0 aromatic heterocycles. The minimum absolute atomic E-state index is 0.0706. The molecule has 34 heavy (non-hydrogen) atoms. The Bertz CT molecular complexity index is 649. The molecular weight excluding hydrogens is 420 g/mol. The van der Waals surface area contributed by atoms with Crippen LogP contribution in [0.15, 0.2) is 72.8 Å². The largest absolute Gasteiger partial charge is 0.400 e. The molecule has 0 radical (unpaired) electrons. The maximum absolute atomic E-state index is 10.8. The van der Waals surface area contributed by atoms with Gasteiger partial charge in [0.2, 0.25) is 0 Å². The van der Waals surface area contributed by atoms with Gasteiger partial charge in [-0.1, -0.05) is 129 Å². The van der Waals surface area contributed by atoms with Gasteiger partial charge in [0.05, 0.1) is 0 Å². The lowest BCUT2D eigenvalue weighted by atomic mass is 9.92. The summed E-state index contributed by atoms with van der Waals surface area (Å²) in [6.07, 6.45) is 6.41. The number of hydrogen-bond acceptors (Lipinski definition) is 3. The average molecular weight is 473 g/mol. The van der Waals surface area contributed by atoms with Crippen LogP contribution in [-0.4, -0.2) is 24.8 Å². The van der Waals surface area contributed by atoms with E-state index in [1.165, 1.54) is 24.8 Å². The van der Waals surface area contributed by atoms with Crippen molar-refractivity contribution < 1.29 is 14.7 Å². The topological polar surface area (TPSA) is 54.4 Å². The summed E-state index contributed by atoms with van der Waals surface area (Å²) in [5.41, 5.74) is 3.15. The third-order valence-corrected chi connectivity index (χ3v) is 3.70. The lowest BCUT2D eigenvalue weighted by Crippen LogP contribution is -2.03. The number of aldehydes is 2. The minimum atomic E-state index is 0.0706. The predicted molar refractivity (Wildman–Crippen MR) is 151 cm³/mol. The molecule has 2 aromatic carbocycles. The van der Waals surface area contributed by atoms with E-state index in [0.717, 1.165) is 31.7 Å². The molecule has 194 valence electrons. The number of aryl methyl sites for hydroxylation is 1. The van der Waals surface area contributed by atoms with Crippen molar-refractivity contribution in [2.75, 3.05) is 7.11 Å². The zero-order chi connectivity index (χ0) is 27.2. The van der Waals surface area contributed by atoms with Crippen molar-refractivity contribution in [1.29, 1.82) is 0 Å². The molecule has 0 saturated carbocycles. The maximum Gasteiger partial charge on any atom is 0.145 e. The van der Waals surface area contributed by atoms with E-state index in [4.69, 9.17) is 5.11 Å². The van der Waals surface area contributed by atoms with Gasteiger partial charge in [-0.2, -0.15) is 0 Å². The van der Waals surface area contributed by atoms with Crippen LogP contribution < -0.4 is 0 Å². The first-order valence-electron chi connectivity index (χ1n) is 12.5. The van der Waals surface area contributed by atoms with Crippen LogP contribution in [0.1, 0.15) is 91.7 Å². The molecule has 0 heterocycles. The molecule has 0 aliphatic carbocycles. The number of allylic oxidation sites excluding steroid dienone is 1. The average Bonchev–Trinajstić information content (AvgIpc) is 2.87. The fraction of sp³-hybridized carbons (Fsp3) is 0.484. The molecule has 0 amide bonds. The quantitative estimate of drug-likeness (QED) is 0.325. The Labute approximate surface area is 211 Å². The van der Waals surface area contributed by atoms with Crippen molar-refractivity contribution in [2.45, 2.75) is 87.0 Å². The zero-order valence-electron chi connectivity index (χ0n) is 23.4. The molecule has 0 aliphatic rings. The molecule has 1 atom stereocenters. The van der Waals surface area contributed by atoms with Gasteiger partial charge in [-0.3, -0.25) is 4.79 Å². The van der Waals surface area contributed by atoms with Crippen molar-refractivity contribution in [1.82, 2.24) is 0 Å². The highest BCUT2D eigenvalue weighted by molar-refractivity contribution is 5.70. The van der Waals surface area contributed by atoms with Crippen molar-refractivity contribution in [2.24, 2.45) is 5.92 Å². The number of aliphatic hydroxyl groups excluding tert-OH is 1. The molecule has 0 bridgehead atoms. The van der Waals surface area contributed by atoms with Crippen LogP contribution in [0.25, 0.3) is 0 Å². The van der Waals surface area contributed by atoms with E-state index in [1.807, 2.05) is 44.2 Å². The molecule has 1 N–H and O–H groups in total. The molecule has 2 aromatic rings. The highest BCUT2D eigenvalue weighted by Crippen LogP contribution is 2.21. The van der Waals surface area contributed by atoms with E-state index in [-0.39, 0.29) is 5.92 Å². The highest BCUT2D eigenvalue weighted by Gasteiger charge is 2.11. The van der Waals surface area contributed by atoms with E-state index < -0.39 is 0 Å². The van der Waals surface area contributed by atoms with Crippen LogP contribution in [0.2, 0.25) is 0 Å². The maximum atomic E-state index is 10.8. The van der Waals surface area contributed by atoms with Crippen LogP contribution in [0.5, 0.6) is 0 Å². The Hall–Kier alpha value is -2.52. The summed E-state index contributed by atoms with van der Waals surface area (Å²) in [5.74, 6) is 0.636. The van der Waals surface area contributed by atoms with Crippen LogP contribution in [0, 0.1) is 5.92 Å². The Balaban J connectivity index is -0.000000187. The molecular formula is C31H52O3. The Morgan fingerprint density at radius 2 is 1.26 bits per heavy atom. The Morgan fingerprint density at radius 3 is 1.56 bits per heavy atom. The van der Waals surface area contributed by atoms with E-state index in [2.05, 4.69) is 71.5 Å². The van der Waals surface area contributed by atoms with Gasteiger partial charge in [-0.25, -0.2) is 0 Å². The van der Waals surface area contributed by atoms with Crippen LogP contribution in [0.4, 0.5) is 0 Å². The summed E-state index contributed by atoms with van der Waals surface area (Å²) in [7, 11) is 1.00. The lowest BCUT2D eigenvalue weighted by molar-refractivity contribution is -0.109. The van der Waals surface area contributed by atoms with Crippen molar-refractivity contribution in [3.05, 3.63) is 83.9 Å². The summed E-state index contributed by atoms with van der Waals surface area (Å²) in [6, 6.07) is 20.5. The molecule has 0 fully saturated rings. The first kappa shape index (κ1) is 38.7. The number of carbonyl (C=O) groups excluding carboxylic acids is 2. The van der Waals surface area contributed by atoms with Gasteiger partial charge in [0.1, 0.15) is 12.6 Å². The van der Waals surface area contributed by atoms with E-state index in [0.29, 0.717) is 11.5 Å². The van der Waals surface area contributed by atoms with Gasteiger partial charge in [0, 0.05) is 13.0 Å². The summed E-state index contributed by atoms with van der Waals surface area (Å²) >= 11 is 0. The number of carbonyl (C=O) groups is 2. The number of benzene rings is 2. The van der Waals surface area contributed by atoms with Crippen LogP contribution >= 0.6 is 0 Å². The van der Waals surface area contributed by atoms with E-state index in [1.54, 1.807) is 6.92 Å². The lowest BCUT2D eigenvalue weighted by Gasteiger charge is -2.12. The molecule has 0 saturated heterocycles. The smallest absolute Gasteiger partial charge is 0.145 e.